The van der Waals surface area contributed by atoms with Gasteiger partial charge >= 0.3 is 14.2 Å². The number of hydrogen-bond donors (Lipinski definition) is 0. The first-order valence-corrected chi connectivity index (χ1v) is 8.25. The number of aryl methyl sites for hydroxylation is 1. The molecule has 0 N–H and O–H groups in total. The lowest BCUT2D eigenvalue weighted by atomic mass is 10.1. The number of ether oxygens (including phenoxy) is 1. The average Bonchev–Trinajstić information content (AvgIpc) is 2.23. The van der Waals surface area contributed by atoms with Crippen LogP contribution in [0, 0.1) is 6.92 Å². The van der Waals surface area contributed by atoms with Gasteiger partial charge in [-0.2, -0.15) is 8.42 Å². The standard InChI is InChI=1S/C11H14O2.Cl2O2S/c1-3-7-13-11(12)10-6-4-5-9(2)8-10;1-5(2,3)4/h4-6,8H,3,7H2,1-2H3;. The summed E-state index contributed by atoms with van der Waals surface area (Å²) in [6.07, 6.45) is 0.859. The number of hydrogen-bond acceptors (Lipinski definition) is 4. The molecular weight excluding hydrogens is 299 g/mol. The van der Waals surface area contributed by atoms with Crippen LogP contribution in [0.5, 0.6) is 0 Å². The molecule has 102 valence electrons. The SMILES string of the molecule is CCCOC(=O)c1cccc(C)c1.O=S(=O)(Cl)Cl. The zero-order chi connectivity index (χ0) is 14.2. The highest BCUT2D eigenvalue weighted by Crippen LogP contribution is 2.05. The largest absolute Gasteiger partial charge is 0.462 e. The van der Waals surface area contributed by atoms with E-state index < -0.39 is 8.26 Å². The molecule has 1 aromatic carbocycles. The molecule has 18 heavy (non-hydrogen) atoms. The molecule has 0 fully saturated rings. The van der Waals surface area contributed by atoms with Crippen LogP contribution in [-0.4, -0.2) is 21.0 Å². The van der Waals surface area contributed by atoms with Crippen molar-refractivity contribution in [3.63, 3.8) is 0 Å². The van der Waals surface area contributed by atoms with Gasteiger partial charge in [0.25, 0.3) is 0 Å². The quantitative estimate of drug-likeness (QED) is 0.635. The molecule has 0 bridgehead atoms. The van der Waals surface area contributed by atoms with Gasteiger partial charge in [-0.05, 0) is 25.5 Å². The van der Waals surface area contributed by atoms with Crippen molar-refractivity contribution in [3.05, 3.63) is 35.4 Å². The van der Waals surface area contributed by atoms with Crippen LogP contribution in [0.25, 0.3) is 0 Å². The number of carbonyl (C=O) groups is 1. The molecule has 0 radical (unpaired) electrons. The van der Waals surface area contributed by atoms with Gasteiger partial charge in [-0.15, -0.1) is 0 Å². The second kappa shape index (κ2) is 8.34. The Morgan fingerprint density at radius 2 is 1.89 bits per heavy atom. The van der Waals surface area contributed by atoms with Gasteiger partial charge in [0.15, 0.2) is 0 Å². The van der Waals surface area contributed by atoms with E-state index >= 15 is 0 Å². The zero-order valence-electron chi connectivity index (χ0n) is 10.0. The maximum absolute atomic E-state index is 11.3. The topological polar surface area (TPSA) is 60.4 Å². The van der Waals surface area contributed by atoms with Crippen LogP contribution >= 0.6 is 21.4 Å². The lowest BCUT2D eigenvalue weighted by molar-refractivity contribution is 0.0505. The summed E-state index contributed by atoms with van der Waals surface area (Å²) in [6, 6.07) is 7.41. The van der Waals surface area contributed by atoms with Gasteiger partial charge in [0, 0.05) is 21.4 Å². The van der Waals surface area contributed by atoms with E-state index in [1.807, 2.05) is 32.0 Å². The molecule has 0 saturated heterocycles. The highest BCUT2D eigenvalue weighted by atomic mass is 36.0. The normalized spacial score (nSPS) is 10.2. The van der Waals surface area contributed by atoms with Gasteiger partial charge in [0.2, 0.25) is 0 Å². The van der Waals surface area contributed by atoms with Gasteiger partial charge in [-0.1, -0.05) is 24.6 Å². The molecule has 0 saturated carbocycles. The Labute approximate surface area is 116 Å². The summed E-state index contributed by atoms with van der Waals surface area (Å²) in [5.41, 5.74) is 1.71. The van der Waals surface area contributed by atoms with E-state index in [0.29, 0.717) is 12.2 Å². The van der Waals surface area contributed by atoms with Crippen LogP contribution in [0.2, 0.25) is 0 Å². The van der Waals surface area contributed by atoms with E-state index in [9.17, 15) is 4.79 Å². The Bertz CT molecular complexity index is 478. The number of rotatable bonds is 3. The Kier molecular flexibility index (Phi) is 7.98. The summed E-state index contributed by atoms with van der Waals surface area (Å²) in [4.78, 5) is 11.3. The monoisotopic (exact) mass is 312 g/mol. The molecule has 0 atom stereocenters. The predicted octanol–water partition coefficient (Wildman–Crippen LogP) is 3.27. The third-order valence-corrected chi connectivity index (χ3v) is 1.69. The predicted molar refractivity (Wildman–Crippen MR) is 72.4 cm³/mol. The van der Waals surface area contributed by atoms with Crippen LogP contribution in [0.4, 0.5) is 0 Å². The molecule has 0 aliphatic rings. The second-order valence-electron chi connectivity index (χ2n) is 3.38. The fourth-order valence-corrected chi connectivity index (χ4v) is 1.05. The summed E-state index contributed by atoms with van der Waals surface area (Å²) in [5, 5.41) is 0. The van der Waals surface area contributed by atoms with Crippen molar-refractivity contribution in [1.29, 1.82) is 0 Å². The van der Waals surface area contributed by atoms with Crippen molar-refractivity contribution in [2.75, 3.05) is 6.61 Å². The van der Waals surface area contributed by atoms with Gasteiger partial charge in [0.1, 0.15) is 0 Å². The van der Waals surface area contributed by atoms with E-state index in [1.54, 1.807) is 6.07 Å². The number of halogens is 2. The van der Waals surface area contributed by atoms with Crippen molar-refractivity contribution in [1.82, 2.24) is 0 Å². The Morgan fingerprint density at radius 3 is 2.33 bits per heavy atom. The fourth-order valence-electron chi connectivity index (χ4n) is 1.05. The van der Waals surface area contributed by atoms with Crippen molar-refractivity contribution < 1.29 is 17.9 Å². The first-order valence-electron chi connectivity index (χ1n) is 5.12. The smallest absolute Gasteiger partial charge is 0.338 e. The summed E-state index contributed by atoms with van der Waals surface area (Å²) < 4.78 is 23.3. The molecule has 7 heteroatoms. The van der Waals surface area contributed by atoms with E-state index in [4.69, 9.17) is 13.2 Å². The molecule has 0 heterocycles. The molecule has 0 unspecified atom stereocenters. The lowest BCUT2D eigenvalue weighted by Crippen LogP contribution is -2.05. The van der Waals surface area contributed by atoms with Crippen molar-refractivity contribution >= 4 is 35.6 Å². The minimum Gasteiger partial charge on any atom is -0.462 e. The van der Waals surface area contributed by atoms with Gasteiger partial charge in [0.05, 0.1) is 12.2 Å². The molecule has 0 aliphatic carbocycles. The molecule has 0 amide bonds. The molecule has 1 rings (SSSR count). The number of esters is 1. The second-order valence-corrected chi connectivity index (χ2v) is 7.05. The van der Waals surface area contributed by atoms with Crippen LogP contribution in [0.15, 0.2) is 24.3 Å². The third kappa shape index (κ3) is 10.4. The van der Waals surface area contributed by atoms with E-state index in [0.717, 1.165) is 12.0 Å². The maximum Gasteiger partial charge on any atom is 0.338 e. The number of carbonyl (C=O) groups excluding carboxylic acids is 1. The molecule has 0 spiro atoms. The minimum atomic E-state index is -3.72. The third-order valence-electron chi connectivity index (χ3n) is 1.69. The van der Waals surface area contributed by atoms with E-state index in [-0.39, 0.29) is 5.97 Å². The number of benzene rings is 1. The Balaban J connectivity index is 0.000000494. The summed E-state index contributed by atoms with van der Waals surface area (Å²) in [5.74, 6) is -0.231. The first-order chi connectivity index (χ1) is 8.24. The molecular formula is C11H14Cl2O4S. The highest BCUT2D eigenvalue weighted by Gasteiger charge is 2.05. The summed E-state index contributed by atoms with van der Waals surface area (Å²) in [6.45, 7) is 4.42. The first kappa shape index (κ1) is 17.2. The van der Waals surface area contributed by atoms with Gasteiger partial charge in [-0.3, -0.25) is 0 Å². The van der Waals surface area contributed by atoms with Crippen molar-refractivity contribution in [3.8, 4) is 0 Å². The minimum absolute atomic E-state index is 0.231. The highest BCUT2D eigenvalue weighted by molar-refractivity contribution is 8.31. The Morgan fingerprint density at radius 1 is 1.33 bits per heavy atom. The van der Waals surface area contributed by atoms with Crippen LogP contribution < -0.4 is 0 Å². The molecule has 0 aliphatic heterocycles. The van der Waals surface area contributed by atoms with Crippen LogP contribution in [0.3, 0.4) is 0 Å². The lowest BCUT2D eigenvalue weighted by Gasteiger charge is -2.02. The van der Waals surface area contributed by atoms with Crippen molar-refractivity contribution in [2.45, 2.75) is 20.3 Å². The van der Waals surface area contributed by atoms with E-state index in [2.05, 4.69) is 21.4 Å². The summed E-state index contributed by atoms with van der Waals surface area (Å²) >= 11 is 0. The fraction of sp³-hybridized carbons (Fsp3) is 0.364. The van der Waals surface area contributed by atoms with Crippen LogP contribution in [-0.2, 0) is 13.0 Å². The summed E-state index contributed by atoms with van der Waals surface area (Å²) in [7, 11) is 4.81. The molecule has 0 aromatic heterocycles. The molecule has 4 nitrogen and oxygen atoms in total. The van der Waals surface area contributed by atoms with E-state index in [1.165, 1.54) is 0 Å². The maximum atomic E-state index is 11.3. The average molecular weight is 313 g/mol. The Hall–Kier alpha value is -0.780. The van der Waals surface area contributed by atoms with Gasteiger partial charge < -0.3 is 4.74 Å². The van der Waals surface area contributed by atoms with Crippen LogP contribution in [0.1, 0.15) is 29.3 Å². The zero-order valence-corrected chi connectivity index (χ0v) is 12.3. The molecule has 1 aromatic rings. The van der Waals surface area contributed by atoms with Crippen molar-refractivity contribution in [2.24, 2.45) is 0 Å². The van der Waals surface area contributed by atoms with Gasteiger partial charge in [-0.25, -0.2) is 4.79 Å².